The molecular weight excluding hydrogens is 482 g/mol. The summed E-state index contributed by atoms with van der Waals surface area (Å²) >= 11 is 0. The fourth-order valence-electron chi connectivity index (χ4n) is 3.81. The van der Waals surface area contributed by atoms with Crippen LogP contribution in [0.4, 0.5) is 5.69 Å². The standard InChI is InChI=1S/C22H27N3O7S2/c1-3-33(27,28)25(18-6-9-20-21(14-18)32-16-31-20)15-22(26)23-10-12-24(13-11-23)34(29,30)19-7-4-17(2)5-8-19/h4-9,14H,3,10-13,15-16H2,1-2H3. The summed E-state index contributed by atoms with van der Waals surface area (Å²) in [6.45, 7) is 3.66. The zero-order valence-electron chi connectivity index (χ0n) is 19.0. The molecule has 1 saturated heterocycles. The molecule has 2 aliphatic heterocycles. The Labute approximate surface area is 199 Å². The molecule has 2 heterocycles. The van der Waals surface area contributed by atoms with E-state index in [1.54, 1.807) is 36.4 Å². The maximum absolute atomic E-state index is 13.0. The largest absolute Gasteiger partial charge is 0.454 e. The molecule has 2 aromatic rings. The lowest BCUT2D eigenvalue weighted by Gasteiger charge is -2.35. The number of piperazine rings is 1. The highest BCUT2D eigenvalue weighted by molar-refractivity contribution is 7.92. The summed E-state index contributed by atoms with van der Waals surface area (Å²) in [6, 6.07) is 11.3. The Morgan fingerprint density at radius 2 is 1.59 bits per heavy atom. The molecule has 0 radical (unpaired) electrons. The number of carbonyl (C=O) groups excluding carboxylic acids is 1. The first kappa shape index (κ1) is 24.3. The van der Waals surface area contributed by atoms with Gasteiger partial charge in [-0.3, -0.25) is 9.10 Å². The molecule has 0 aromatic heterocycles. The van der Waals surface area contributed by atoms with E-state index in [9.17, 15) is 21.6 Å². The molecule has 0 N–H and O–H groups in total. The van der Waals surface area contributed by atoms with Gasteiger partial charge in [-0.1, -0.05) is 17.7 Å². The molecule has 34 heavy (non-hydrogen) atoms. The normalized spacial score (nSPS) is 16.5. The highest BCUT2D eigenvalue weighted by Gasteiger charge is 2.32. The van der Waals surface area contributed by atoms with Crippen molar-refractivity contribution in [2.45, 2.75) is 18.7 Å². The number of anilines is 1. The van der Waals surface area contributed by atoms with Crippen LogP contribution in [0, 0.1) is 6.92 Å². The second-order valence-electron chi connectivity index (χ2n) is 8.04. The molecule has 2 aliphatic rings. The van der Waals surface area contributed by atoms with Gasteiger partial charge in [0.25, 0.3) is 0 Å². The lowest BCUT2D eigenvalue weighted by atomic mass is 10.2. The van der Waals surface area contributed by atoms with Gasteiger partial charge in [0.05, 0.1) is 16.3 Å². The number of fused-ring (bicyclic) bond motifs is 1. The summed E-state index contributed by atoms with van der Waals surface area (Å²) in [6.07, 6.45) is 0. The quantitative estimate of drug-likeness (QED) is 0.555. The van der Waals surface area contributed by atoms with Crippen molar-refractivity contribution in [1.82, 2.24) is 9.21 Å². The predicted molar refractivity (Wildman–Crippen MR) is 126 cm³/mol. The Morgan fingerprint density at radius 1 is 0.941 bits per heavy atom. The number of hydrogen-bond acceptors (Lipinski definition) is 7. The highest BCUT2D eigenvalue weighted by Crippen LogP contribution is 2.36. The fraction of sp³-hybridized carbons (Fsp3) is 0.409. The summed E-state index contributed by atoms with van der Waals surface area (Å²) in [4.78, 5) is 14.7. The topological polar surface area (TPSA) is 114 Å². The van der Waals surface area contributed by atoms with Crippen LogP contribution in [0.3, 0.4) is 0 Å². The molecule has 0 spiro atoms. The predicted octanol–water partition coefficient (Wildman–Crippen LogP) is 1.41. The van der Waals surface area contributed by atoms with Crippen LogP contribution in [0.2, 0.25) is 0 Å². The van der Waals surface area contributed by atoms with Crippen molar-refractivity contribution in [2.75, 3.05) is 49.6 Å². The maximum atomic E-state index is 13.0. The van der Waals surface area contributed by atoms with Gasteiger partial charge in [-0.15, -0.1) is 0 Å². The highest BCUT2D eigenvalue weighted by atomic mass is 32.2. The molecule has 0 aliphatic carbocycles. The number of benzene rings is 2. The van der Waals surface area contributed by atoms with E-state index < -0.39 is 26.0 Å². The second-order valence-corrected chi connectivity index (χ2v) is 12.2. The van der Waals surface area contributed by atoms with Crippen LogP contribution in [0.5, 0.6) is 11.5 Å². The molecule has 0 bridgehead atoms. The third-order valence-electron chi connectivity index (χ3n) is 5.87. The van der Waals surface area contributed by atoms with Crippen molar-refractivity contribution in [3.8, 4) is 11.5 Å². The molecular formula is C22H27N3O7S2. The first-order valence-corrected chi connectivity index (χ1v) is 13.9. The number of hydrogen-bond donors (Lipinski definition) is 0. The van der Waals surface area contributed by atoms with Gasteiger partial charge in [0, 0.05) is 32.2 Å². The summed E-state index contributed by atoms with van der Waals surface area (Å²) in [5, 5.41) is 0. The number of nitrogens with zero attached hydrogens (tertiary/aromatic N) is 3. The van der Waals surface area contributed by atoms with E-state index >= 15 is 0 Å². The van der Waals surface area contributed by atoms with Gasteiger partial charge >= 0.3 is 0 Å². The number of aryl methyl sites for hydroxylation is 1. The second kappa shape index (κ2) is 9.43. The molecule has 0 unspecified atom stereocenters. The van der Waals surface area contributed by atoms with E-state index in [0.29, 0.717) is 17.2 Å². The van der Waals surface area contributed by atoms with Gasteiger partial charge in [-0.2, -0.15) is 4.31 Å². The van der Waals surface area contributed by atoms with Crippen LogP contribution < -0.4 is 13.8 Å². The Hall–Kier alpha value is -2.83. The zero-order chi connectivity index (χ0) is 24.5. The smallest absolute Gasteiger partial charge is 0.243 e. The lowest BCUT2D eigenvalue weighted by Crippen LogP contribution is -2.53. The van der Waals surface area contributed by atoms with Gasteiger partial charge < -0.3 is 14.4 Å². The number of amides is 1. The van der Waals surface area contributed by atoms with E-state index in [2.05, 4.69) is 0 Å². The van der Waals surface area contributed by atoms with E-state index in [0.717, 1.165) is 9.87 Å². The molecule has 0 saturated carbocycles. The molecule has 1 fully saturated rings. The van der Waals surface area contributed by atoms with Crippen molar-refractivity contribution in [2.24, 2.45) is 0 Å². The first-order valence-electron chi connectivity index (χ1n) is 10.9. The van der Waals surface area contributed by atoms with E-state index in [1.165, 1.54) is 22.2 Å². The van der Waals surface area contributed by atoms with Crippen molar-refractivity contribution in [3.63, 3.8) is 0 Å². The first-order chi connectivity index (χ1) is 16.1. The van der Waals surface area contributed by atoms with Gasteiger partial charge in [0.15, 0.2) is 11.5 Å². The average molecular weight is 510 g/mol. The number of carbonyl (C=O) groups is 1. The van der Waals surface area contributed by atoms with Gasteiger partial charge in [-0.05, 0) is 38.1 Å². The van der Waals surface area contributed by atoms with E-state index in [4.69, 9.17) is 9.47 Å². The van der Waals surface area contributed by atoms with Crippen LogP contribution in [-0.2, 0) is 24.8 Å². The van der Waals surface area contributed by atoms with Crippen LogP contribution in [0.15, 0.2) is 47.4 Å². The number of ether oxygens (including phenoxy) is 2. The lowest BCUT2D eigenvalue weighted by molar-refractivity contribution is -0.130. The van der Waals surface area contributed by atoms with Crippen molar-refractivity contribution in [1.29, 1.82) is 0 Å². The van der Waals surface area contributed by atoms with E-state index in [-0.39, 0.29) is 50.2 Å². The van der Waals surface area contributed by atoms with Gasteiger partial charge in [-0.25, -0.2) is 16.8 Å². The number of sulfonamides is 2. The molecule has 12 heteroatoms. The minimum atomic E-state index is -3.75. The summed E-state index contributed by atoms with van der Waals surface area (Å²) in [5.41, 5.74) is 1.27. The Morgan fingerprint density at radius 3 is 2.24 bits per heavy atom. The van der Waals surface area contributed by atoms with Gasteiger partial charge in [0.2, 0.25) is 32.7 Å². The Kier molecular flexibility index (Phi) is 6.74. The summed E-state index contributed by atoms with van der Waals surface area (Å²) in [7, 11) is -7.42. The monoisotopic (exact) mass is 509 g/mol. The fourth-order valence-corrected chi connectivity index (χ4v) is 6.28. The molecule has 10 nitrogen and oxygen atoms in total. The van der Waals surface area contributed by atoms with Crippen molar-refractivity contribution in [3.05, 3.63) is 48.0 Å². The molecule has 184 valence electrons. The third kappa shape index (κ3) is 4.84. The maximum Gasteiger partial charge on any atom is 0.243 e. The summed E-state index contributed by atoms with van der Waals surface area (Å²) < 4.78 is 64.4. The Balaban J connectivity index is 1.46. The average Bonchev–Trinajstić information content (AvgIpc) is 3.30. The van der Waals surface area contributed by atoms with E-state index in [1.807, 2.05) is 6.92 Å². The number of rotatable bonds is 7. The molecule has 2 aromatic carbocycles. The van der Waals surface area contributed by atoms with Crippen LogP contribution in [0.1, 0.15) is 12.5 Å². The molecule has 1 amide bonds. The van der Waals surface area contributed by atoms with Gasteiger partial charge in [0.1, 0.15) is 6.54 Å². The summed E-state index contributed by atoms with van der Waals surface area (Å²) in [5.74, 6) is 0.338. The minimum Gasteiger partial charge on any atom is -0.454 e. The van der Waals surface area contributed by atoms with Crippen LogP contribution in [0.25, 0.3) is 0 Å². The Bertz CT molecular complexity index is 1270. The minimum absolute atomic E-state index is 0.0496. The van der Waals surface area contributed by atoms with Crippen molar-refractivity contribution < 1.29 is 31.1 Å². The van der Waals surface area contributed by atoms with Crippen LogP contribution in [-0.4, -0.2) is 77.2 Å². The third-order valence-corrected chi connectivity index (χ3v) is 9.53. The van der Waals surface area contributed by atoms with Crippen molar-refractivity contribution >= 4 is 31.6 Å². The molecule has 0 atom stereocenters. The zero-order valence-corrected chi connectivity index (χ0v) is 20.6. The van der Waals surface area contributed by atoms with Crippen LogP contribution >= 0.6 is 0 Å². The molecule has 4 rings (SSSR count). The SMILES string of the molecule is CCS(=O)(=O)N(CC(=O)N1CCN(S(=O)(=O)c2ccc(C)cc2)CC1)c1ccc2c(c1)OCO2.